The first-order chi connectivity index (χ1) is 4.18. The van der Waals surface area contributed by atoms with Gasteiger partial charge in [0.05, 0.1) is 0 Å². The van der Waals surface area contributed by atoms with E-state index < -0.39 is 0 Å². The molecule has 6 nitrogen and oxygen atoms in total. The summed E-state index contributed by atoms with van der Waals surface area (Å²) < 4.78 is 0. The van der Waals surface area contributed by atoms with Gasteiger partial charge in [0.25, 0.3) is 0 Å². The Morgan fingerprint density at radius 1 is 0.700 bits per heavy atom. The first-order valence-electron chi connectivity index (χ1n) is 2.21. The molecule has 1 aromatic rings. The Hall–Kier alpha value is -0.668. The topological polar surface area (TPSA) is 117 Å². The van der Waals surface area contributed by atoms with Gasteiger partial charge in [0.2, 0.25) is 17.8 Å². The van der Waals surface area contributed by atoms with E-state index in [-0.39, 0.29) is 45.1 Å². The van der Waals surface area contributed by atoms with Gasteiger partial charge in [0.1, 0.15) is 0 Å². The van der Waals surface area contributed by atoms with Crippen LogP contribution in [-0.4, -0.2) is 42.3 Å². The maximum absolute atomic E-state index is 5.14. The Kier molecular flexibility index (Phi) is 3.26. The maximum atomic E-state index is 5.14. The Morgan fingerprint density at radius 3 is 1.10 bits per heavy atom. The van der Waals surface area contributed by atoms with Gasteiger partial charge >= 0.3 is 27.3 Å². The van der Waals surface area contributed by atoms with Gasteiger partial charge in [-0.25, -0.2) is 0 Å². The third kappa shape index (κ3) is 2.29. The molecule has 0 aliphatic rings. The fourth-order valence-corrected chi connectivity index (χ4v) is 0.427. The summed E-state index contributed by atoms with van der Waals surface area (Å²) in [6.07, 6.45) is 0. The fourth-order valence-electron chi connectivity index (χ4n) is 0.427. The summed E-state index contributed by atoms with van der Waals surface area (Å²) in [4.78, 5) is 10.5. The molecule has 7 heteroatoms. The summed E-state index contributed by atoms with van der Waals surface area (Å²) in [5.41, 5.74) is 15.4. The predicted molar refractivity (Wildman–Crippen MR) is 41.6 cm³/mol. The third-order valence-electron chi connectivity index (χ3n) is 0.687. The molecule has 0 saturated carbocycles. The van der Waals surface area contributed by atoms with Crippen molar-refractivity contribution >= 4 is 45.1 Å². The van der Waals surface area contributed by atoms with Gasteiger partial charge in [-0.2, -0.15) is 15.0 Å². The van der Waals surface area contributed by atoms with E-state index in [9.17, 15) is 0 Å². The van der Waals surface area contributed by atoms with Gasteiger partial charge < -0.3 is 17.2 Å². The molecule has 0 unspecified atom stereocenters. The van der Waals surface area contributed by atoms with E-state index in [1.807, 2.05) is 0 Å². The van der Waals surface area contributed by atoms with Crippen LogP contribution < -0.4 is 17.2 Å². The standard InChI is InChI=1S/C3H6N6.Pb.2H/c4-1-7-2(5)9-3(6)8-1;;;/h(H6,4,5,6,7,8,9);;;. The van der Waals surface area contributed by atoms with Gasteiger partial charge in [0.15, 0.2) is 0 Å². The molecule has 1 rings (SSSR count). The first kappa shape index (κ1) is 9.33. The molecule has 0 amide bonds. The molecule has 0 fully saturated rings. The molecule has 0 atom stereocenters. The van der Waals surface area contributed by atoms with Crippen LogP contribution in [0.1, 0.15) is 0 Å². The van der Waals surface area contributed by atoms with Gasteiger partial charge in [-0.3, -0.25) is 0 Å². The zero-order chi connectivity index (χ0) is 6.85. The van der Waals surface area contributed by atoms with Crippen molar-refractivity contribution in [3.05, 3.63) is 0 Å². The molecular weight excluding hydrogens is 327 g/mol. The predicted octanol–water partition coefficient (Wildman–Crippen LogP) is -2.30. The molecule has 6 N–H and O–H groups in total. The molecule has 2 radical (unpaired) electrons. The quantitative estimate of drug-likeness (QED) is 0.459. The molecule has 0 saturated heterocycles. The third-order valence-corrected chi connectivity index (χ3v) is 0.687. The number of hydrogen-bond acceptors (Lipinski definition) is 6. The Labute approximate surface area is 77.4 Å². The molecule has 0 aliphatic heterocycles. The van der Waals surface area contributed by atoms with Crippen molar-refractivity contribution in [3.8, 4) is 0 Å². The van der Waals surface area contributed by atoms with Crippen molar-refractivity contribution in [2.45, 2.75) is 0 Å². The summed E-state index contributed by atoms with van der Waals surface area (Å²) in [5.74, 6) is 0.125. The van der Waals surface area contributed by atoms with Crippen molar-refractivity contribution in [1.29, 1.82) is 0 Å². The zero-order valence-corrected chi connectivity index (χ0v) is 10.8. The normalized spacial score (nSPS) is 8.40. The number of anilines is 3. The van der Waals surface area contributed by atoms with E-state index in [2.05, 4.69) is 15.0 Å². The number of aromatic nitrogens is 3. The van der Waals surface area contributed by atoms with Gasteiger partial charge in [-0.1, -0.05) is 0 Å². The van der Waals surface area contributed by atoms with Crippen molar-refractivity contribution in [2.24, 2.45) is 0 Å². The SMILES string of the molecule is Nc1nc(N)nc(N)n1.[PbH2]. The van der Waals surface area contributed by atoms with Crippen LogP contribution >= 0.6 is 0 Å². The van der Waals surface area contributed by atoms with Crippen LogP contribution in [0.5, 0.6) is 0 Å². The average Bonchev–Trinajstić information content (AvgIpc) is 1.59. The summed E-state index contributed by atoms with van der Waals surface area (Å²) in [6.45, 7) is 0. The van der Waals surface area contributed by atoms with E-state index in [1.165, 1.54) is 0 Å². The van der Waals surface area contributed by atoms with Gasteiger partial charge in [0, 0.05) is 0 Å². The summed E-state index contributed by atoms with van der Waals surface area (Å²) in [6, 6.07) is 0. The number of nitrogen functional groups attached to an aromatic ring is 3. The Morgan fingerprint density at radius 2 is 0.900 bits per heavy atom. The van der Waals surface area contributed by atoms with E-state index >= 15 is 0 Å². The van der Waals surface area contributed by atoms with Gasteiger partial charge in [-0.15, -0.1) is 0 Å². The van der Waals surface area contributed by atoms with Crippen LogP contribution in [-0.2, 0) is 0 Å². The van der Waals surface area contributed by atoms with Crippen LogP contribution in [0.25, 0.3) is 0 Å². The minimum absolute atomic E-state index is 0. The molecule has 1 aromatic heterocycles. The van der Waals surface area contributed by atoms with Crippen molar-refractivity contribution in [1.82, 2.24) is 15.0 Å². The minimum atomic E-state index is 0. The zero-order valence-electron chi connectivity index (χ0n) is 5.28. The number of rotatable bonds is 0. The summed E-state index contributed by atoms with van der Waals surface area (Å²) in [5, 5.41) is 0. The van der Waals surface area contributed by atoms with E-state index in [4.69, 9.17) is 17.2 Å². The molecule has 1 heterocycles. The van der Waals surface area contributed by atoms with Crippen LogP contribution in [0, 0.1) is 0 Å². The summed E-state index contributed by atoms with van der Waals surface area (Å²) in [7, 11) is 0. The second-order valence-electron chi connectivity index (χ2n) is 1.41. The monoisotopic (exact) mass is 336 g/mol. The van der Waals surface area contributed by atoms with Crippen LogP contribution in [0.15, 0.2) is 0 Å². The van der Waals surface area contributed by atoms with Crippen LogP contribution in [0.3, 0.4) is 0 Å². The second kappa shape index (κ2) is 3.49. The molecule has 54 valence electrons. The molecule has 10 heavy (non-hydrogen) atoms. The number of nitrogens with two attached hydrogens (primary N) is 3. The van der Waals surface area contributed by atoms with Crippen molar-refractivity contribution in [2.75, 3.05) is 17.2 Å². The number of hydrogen-bond donors (Lipinski definition) is 3. The number of nitrogens with zero attached hydrogens (tertiary/aromatic N) is 3. The van der Waals surface area contributed by atoms with Gasteiger partial charge in [-0.05, 0) is 0 Å². The van der Waals surface area contributed by atoms with Crippen LogP contribution in [0.2, 0.25) is 0 Å². The molecular formula is C3H8N6Pb. The fraction of sp³-hybridized carbons (Fsp3) is 0. The first-order valence-corrected chi connectivity index (χ1v) is 2.21. The van der Waals surface area contributed by atoms with E-state index in [0.29, 0.717) is 0 Å². The van der Waals surface area contributed by atoms with E-state index in [1.54, 1.807) is 0 Å². The Balaban J connectivity index is 0.000000810. The molecule has 0 spiro atoms. The molecule has 0 aliphatic carbocycles. The Bertz CT molecular complexity index is 174. The van der Waals surface area contributed by atoms with Crippen LogP contribution in [0.4, 0.5) is 17.8 Å². The second-order valence-corrected chi connectivity index (χ2v) is 1.41. The van der Waals surface area contributed by atoms with Crippen molar-refractivity contribution in [3.63, 3.8) is 0 Å². The molecule has 0 aromatic carbocycles. The average molecular weight is 335 g/mol. The van der Waals surface area contributed by atoms with E-state index in [0.717, 1.165) is 0 Å². The summed E-state index contributed by atoms with van der Waals surface area (Å²) >= 11 is 0. The van der Waals surface area contributed by atoms with Crippen molar-refractivity contribution < 1.29 is 0 Å². The molecule has 0 bridgehead atoms.